The van der Waals surface area contributed by atoms with Gasteiger partial charge in [0.1, 0.15) is 11.6 Å². The molecule has 20 nitrogen and oxygen atoms in total. The molecule has 4 aromatic carbocycles. The van der Waals surface area contributed by atoms with Crippen molar-refractivity contribution in [3.8, 4) is 12.1 Å². The highest BCUT2D eigenvalue weighted by atomic mass is 35.5. The van der Waals surface area contributed by atoms with Gasteiger partial charge in [0, 0.05) is 112 Å². The average molecular weight is 1210 g/mol. The zero-order chi connectivity index (χ0) is 58.9. The molecule has 4 aromatic rings. The molecule has 4 heterocycles. The van der Waals surface area contributed by atoms with Crippen LogP contribution in [-0.4, -0.2) is 168 Å². The number of nitrogens with zero attached hydrogens (tertiary/aromatic N) is 6. The number of ether oxygens (including phenoxy) is 2. The number of carbonyl (C=O) groups is 2. The number of primary sulfonamides is 2. The van der Waals surface area contributed by atoms with Gasteiger partial charge in [0.2, 0.25) is 20.0 Å². The van der Waals surface area contributed by atoms with E-state index >= 15 is 8.78 Å². The largest absolute Gasteiger partial charge is 0.378 e. The lowest BCUT2D eigenvalue weighted by Gasteiger charge is -2.35. The van der Waals surface area contributed by atoms with Crippen LogP contribution in [0.5, 0.6) is 0 Å². The van der Waals surface area contributed by atoms with Crippen LogP contribution in [0, 0.1) is 34.3 Å². The molecule has 8 rings (SSSR count). The van der Waals surface area contributed by atoms with Gasteiger partial charge >= 0.3 is 12.1 Å². The van der Waals surface area contributed by atoms with Crippen molar-refractivity contribution in [3.05, 3.63) is 126 Å². The number of amides is 4. The van der Waals surface area contributed by atoms with Crippen LogP contribution in [0.4, 0.5) is 18.4 Å². The Bertz CT molecular complexity index is 3120. The molecule has 0 spiro atoms. The third-order valence-electron chi connectivity index (χ3n) is 15.7. The molecule has 0 aliphatic carbocycles. The minimum atomic E-state index is -4.24. The van der Waals surface area contributed by atoms with Crippen LogP contribution in [0.25, 0.3) is 0 Å². The molecule has 0 bridgehead atoms. The summed E-state index contributed by atoms with van der Waals surface area (Å²) in [6.45, 7) is 7.31. The van der Waals surface area contributed by atoms with Crippen molar-refractivity contribution in [2.45, 2.75) is 72.2 Å². The third kappa shape index (κ3) is 15.4. The lowest BCUT2D eigenvalue weighted by molar-refractivity contribution is 0.113. The standard InChI is InChI=1S/C56H70Cl2F2N12O8S2/c1-69-31-43-37(27-61)23-39(57)25-41(43)45(33-69)53-47(59)5-7-49(81(63,75)76)51(53)35-9-15-71(29-35)17-21-79-19-13-67-55(73)65-11-3-4-12-66-56(74)68-14-20-80-22-18-72-16-10-36(30-72)52-50(82(64,77)78)8-6-48(60)54(52)46-34-70(2)32-44-38(28-62)24-40(58)26-42(44)46/h5-8,23-26,35-36,45-46H,3-4,9-22,29-34H2,1-2H3,(H2,63,75,76)(H2,64,77,78)(H2,65,67,73)(H2,66,68,74)/t35-,36-,45?,46?/m1/s1. The average Bonchev–Trinajstić information content (AvgIpc) is 1.83. The summed E-state index contributed by atoms with van der Waals surface area (Å²) in [7, 11) is -4.74. The Balaban J connectivity index is 0.686. The first-order valence-corrected chi connectivity index (χ1v) is 31.2. The van der Waals surface area contributed by atoms with Crippen LogP contribution in [-0.2, 0) is 42.6 Å². The van der Waals surface area contributed by atoms with Gasteiger partial charge in [0.25, 0.3) is 0 Å². The van der Waals surface area contributed by atoms with E-state index in [0.29, 0.717) is 161 Å². The number of sulfonamides is 2. The molecule has 0 saturated carbocycles. The van der Waals surface area contributed by atoms with Crippen molar-refractivity contribution in [3.63, 3.8) is 0 Å². The van der Waals surface area contributed by atoms with Gasteiger partial charge in [-0.1, -0.05) is 23.2 Å². The fourth-order valence-corrected chi connectivity index (χ4v) is 14.2. The number of hydrogen-bond donors (Lipinski definition) is 6. The number of unbranched alkanes of at least 4 members (excludes halogenated alkanes) is 1. The maximum Gasteiger partial charge on any atom is 0.314 e. The first kappa shape index (κ1) is 62.5. The summed E-state index contributed by atoms with van der Waals surface area (Å²) in [6.07, 6.45) is 2.35. The summed E-state index contributed by atoms with van der Waals surface area (Å²) >= 11 is 12.9. The fraction of sp³-hybridized carbons (Fsp3) is 0.500. The molecule has 4 atom stereocenters. The second-order valence-electron chi connectivity index (χ2n) is 21.5. The number of likely N-dealkylation sites (N-methyl/N-ethyl adjacent to an activating group) is 2. The van der Waals surface area contributed by atoms with Gasteiger partial charge < -0.3 is 50.3 Å². The van der Waals surface area contributed by atoms with Crippen molar-refractivity contribution in [1.82, 2.24) is 40.9 Å². The van der Waals surface area contributed by atoms with Crippen molar-refractivity contribution >= 4 is 55.3 Å². The summed E-state index contributed by atoms with van der Waals surface area (Å²) in [5.74, 6) is -3.00. The molecular weight excluding hydrogens is 1140 g/mol. The van der Waals surface area contributed by atoms with E-state index in [9.17, 15) is 36.9 Å². The maximum absolute atomic E-state index is 16.1. The van der Waals surface area contributed by atoms with Gasteiger partial charge in [-0.25, -0.2) is 45.5 Å². The second kappa shape index (κ2) is 27.9. The Morgan fingerprint density at radius 3 is 1.38 bits per heavy atom. The molecule has 82 heavy (non-hydrogen) atoms. The quantitative estimate of drug-likeness (QED) is 0.0524. The molecule has 2 fully saturated rings. The van der Waals surface area contributed by atoms with Crippen LogP contribution < -0.4 is 31.5 Å². The number of nitriles is 2. The molecule has 4 aliphatic heterocycles. The van der Waals surface area contributed by atoms with E-state index in [0.717, 1.165) is 23.3 Å². The number of rotatable bonds is 23. The Morgan fingerprint density at radius 1 is 0.610 bits per heavy atom. The number of hydrogen-bond acceptors (Lipinski definition) is 14. The maximum atomic E-state index is 16.1. The van der Waals surface area contributed by atoms with Crippen LogP contribution in [0.15, 0.2) is 58.3 Å². The van der Waals surface area contributed by atoms with Gasteiger partial charge in [-0.3, -0.25) is 0 Å². The predicted octanol–water partition coefficient (Wildman–Crippen LogP) is 5.15. The number of urea groups is 2. The fourth-order valence-electron chi connectivity index (χ4n) is 12.1. The van der Waals surface area contributed by atoms with E-state index in [-0.39, 0.29) is 71.1 Å². The van der Waals surface area contributed by atoms with E-state index in [1.807, 2.05) is 23.9 Å². The van der Waals surface area contributed by atoms with Crippen molar-refractivity contribution < 1.29 is 44.7 Å². The summed E-state index contributed by atoms with van der Waals surface area (Å²) in [5.41, 5.74) is 4.79. The normalized spacial score (nSPS) is 19.7. The number of likely N-dealkylation sites (tertiary alicyclic amines) is 2. The minimum absolute atomic E-state index is 0.119. The molecule has 8 N–H and O–H groups in total. The number of halogens is 4. The zero-order valence-electron chi connectivity index (χ0n) is 45.9. The molecule has 2 saturated heterocycles. The summed E-state index contributed by atoms with van der Waals surface area (Å²) < 4.78 is 95.9. The molecular formula is C56H70Cl2F2N12O8S2. The van der Waals surface area contributed by atoms with Gasteiger partial charge in [0.05, 0.1) is 59.5 Å². The van der Waals surface area contributed by atoms with E-state index in [1.165, 1.54) is 12.1 Å². The number of benzene rings is 4. The number of fused-ring (bicyclic) bond motifs is 2. The van der Waals surface area contributed by atoms with E-state index < -0.39 is 43.5 Å². The molecule has 4 amide bonds. The highest BCUT2D eigenvalue weighted by Gasteiger charge is 2.40. The Hall–Kier alpha value is -5.58. The molecule has 26 heteroatoms. The lowest BCUT2D eigenvalue weighted by atomic mass is 9.78. The van der Waals surface area contributed by atoms with Crippen molar-refractivity contribution in [2.75, 3.05) is 119 Å². The molecule has 4 aliphatic rings. The highest BCUT2D eigenvalue weighted by Crippen LogP contribution is 2.46. The SMILES string of the molecule is CN1Cc2c(C#N)cc(Cl)cc2C(c2c(F)ccc(S(N)(=O)=O)c2[C@@H]2CCN(CCOCCNC(=O)NCCCCNC(=O)NCCOCCN3CC[C@@H](c4c(S(N)(=O)=O)ccc(F)c4C4CN(C)Cc5c(C#N)cc(Cl)cc54)C3)C2)C1. The van der Waals surface area contributed by atoms with Crippen LogP contribution in [0.2, 0.25) is 10.0 Å². The van der Waals surface area contributed by atoms with E-state index in [4.69, 9.17) is 43.0 Å². The summed E-state index contributed by atoms with van der Waals surface area (Å²) in [6, 6.07) is 15.1. The molecule has 2 unspecified atom stereocenters. The van der Waals surface area contributed by atoms with E-state index in [2.05, 4.69) is 43.2 Å². The van der Waals surface area contributed by atoms with Gasteiger partial charge in [-0.05, 0) is 147 Å². The number of nitrogens with two attached hydrogens (primary N) is 2. The zero-order valence-corrected chi connectivity index (χ0v) is 49.1. The highest BCUT2D eigenvalue weighted by molar-refractivity contribution is 7.89. The smallest absolute Gasteiger partial charge is 0.314 e. The second-order valence-corrected chi connectivity index (χ2v) is 25.4. The van der Waals surface area contributed by atoms with Crippen molar-refractivity contribution in [2.24, 2.45) is 10.3 Å². The molecule has 442 valence electrons. The number of carbonyl (C=O) groups excluding carboxylic acids is 2. The predicted molar refractivity (Wildman–Crippen MR) is 306 cm³/mol. The van der Waals surface area contributed by atoms with E-state index in [1.54, 1.807) is 24.3 Å². The number of nitrogens with one attached hydrogen (secondary N) is 4. The Labute approximate surface area is 488 Å². The third-order valence-corrected chi connectivity index (χ3v) is 18.1. The van der Waals surface area contributed by atoms with Crippen LogP contribution in [0.1, 0.15) is 105 Å². The first-order valence-electron chi connectivity index (χ1n) is 27.3. The molecule has 0 aromatic heterocycles. The van der Waals surface area contributed by atoms with Crippen LogP contribution in [0.3, 0.4) is 0 Å². The topological polar surface area (TPSA) is 282 Å². The van der Waals surface area contributed by atoms with Gasteiger partial charge in [-0.2, -0.15) is 10.5 Å². The summed E-state index contributed by atoms with van der Waals surface area (Å²) in [4.78, 5) is 32.7. The van der Waals surface area contributed by atoms with Crippen LogP contribution >= 0.6 is 23.2 Å². The Kier molecular flexibility index (Phi) is 21.2. The monoisotopic (exact) mass is 1210 g/mol. The van der Waals surface area contributed by atoms with Crippen molar-refractivity contribution in [1.29, 1.82) is 10.5 Å². The van der Waals surface area contributed by atoms with Gasteiger partial charge in [-0.15, -0.1) is 0 Å². The minimum Gasteiger partial charge on any atom is -0.378 e. The Morgan fingerprint density at radius 2 is 1.00 bits per heavy atom. The first-order chi connectivity index (χ1) is 39.1. The summed E-state index contributed by atoms with van der Waals surface area (Å²) in [5, 5.41) is 43.1. The van der Waals surface area contributed by atoms with Gasteiger partial charge in [0.15, 0.2) is 0 Å². The lowest BCUT2D eigenvalue weighted by Crippen LogP contribution is -2.39. The molecule has 0 radical (unpaired) electrons.